The van der Waals surface area contributed by atoms with Crippen molar-refractivity contribution in [2.45, 2.75) is 25.9 Å². The fourth-order valence-electron chi connectivity index (χ4n) is 3.92. The predicted molar refractivity (Wildman–Crippen MR) is 118 cm³/mol. The van der Waals surface area contributed by atoms with E-state index in [1.54, 1.807) is 24.3 Å². The molecule has 0 bridgehead atoms. The Kier molecular flexibility index (Phi) is 5.77. The van der Waals surface area contributed by atoms with Crippen molar-refractivity contribution in [3.63, 3.8) is 0 Å². The number of aliphatic hydroxyl groups is 1. The van der Waals surface area contributed by atoms with Crippen LogP contribution in [0.25, 0.3) is 5.76 Å². The molecule has 6 heteroatoms. The third-order valence-corrected chi connectivity index (χ3v) is 5.63. The largest absolute Gasteiger partial charge is 0.508 e. The Bertz CT molecular complexity index is 1200. The molecule has 5 nitrogen and oxygen atoms in total. The smallest absolute Gasteiger partial charge is 0.295 e. The van der Waals surface area contributed by atoms with Crippen LogP contribution in [0.1, 0.15) is 35.2 Å². The molecule has 1 atom stereocenters. The maximum Gasteiger partial charge on any atom is 0.295 e. The summed E-state index contributed by atoms with van der Waals surface area (Å²) in [5.74, 6) is -2.29. The average molecular weight is 431 g/mol. The van der Waals surface area contributed by atoms with Crippen LogP contribution in [0, 0.1) is 5.82 Å². The van der Waals surface area contributed by atoms with Gasteiger partial charge >= 0.3 is 0 Å². The van der Waals surface area contributed by atoms with Gasteiger partial charge in [0, 0.05) is 12.1 Å². The molecular weight excluding hydrogens is 409 g/mol. The van der Waals surface area contributed by atoms with Gasteiger partial charge in [-0.1, -0.05) is 55.5 Å². The van der Waals surface area contributed by atoms with Crippen molar-refractivity contribution in [1.29, 1.82) is 0 Å². The number of rotatable bonds is 5. The van der Waals surface area contributed by atoms with Crippen LogP contribution < -0.4 is 0 Å². The SMILES string of the molecule is CCc1ccc(/C(O)=C2/C(=O)C(=O)N(Cc3ccc(F)cc3)C2c2cccc(O)c2)cc1. The number of Topliss-reactive ketones (excluding diaryl/α,β-unsaturated/α-hetero) is 1. The van der Waals surface area contributed by atoms with Crippen molar-refractivity contribution in [2.75, 3.05) is 0 Å². The van der Waals surface area contributed by atoms with Crippen molar-refractivity contribution in [3.05, 3.63) is 106 Å². The van der Waals surface area contributed by atoms with E-state index < -0.39 is 23.5 Å². The fraction of sp³-hybridized carbons (Fsp3) is 0.154. The fourth-order valence-corrected chi connectivity index (χ4v) is 3.92. The van der Waals surface area contributed by atoms with Gasteiger partial charge in [0.15, 0.2) is 0 Å². The number of hydrogen-bond donors (Lipinski definition) is 2. The molecule has 0 spiro atoms. The van der Waals surface area contributed by atoms with Crippen LogP contribution >= 0.6 is 0 Å². The number of phenols is 1. The van der Waals surface area contributed by atoms with Gasteiger partial charge < -0.3 is 15.1 Å². The molecule has 4 rings (SSSR count). The van der Waals surface area contributed by atoms with Gasteiger partial charge in [-0.25, -0.2) is 4.39 Å². The highest BCUT2D eigenvalue weighted by atomic mass is 19.1. The third kappa shape index (κ3) is 3.99. The van der Waals surface area contributed by atoms with Gasteiger partial charge in [-0.15, -0.1) is 0 Å². The van der Waals surface area contributed by atoms with Crippen LogP contribution in [0.4, 0.5) is 4.39 Å². The second-order valence-corrected chi connectivity index (χ2v) is 7.70. The van der Waals surface area contributed by atoms with Crippen molar-refractivity contribution in [2.24, 2.45) is 0 Å². The van der Waals surface area contributed by atoms with Crippen LogP contribution in [-0.4, -0.2) is 26.8 Å². The summed E-state index contributed by atoms with van der Waals surface area (Å²) in [5.41, 5.74) is 2.56. The molecule has 1 unspecified atom stereocenters. The van der Waals surface area contributed by atoms with Gasteiger partial charge in [0.2, 0.25) is 0 Å². The number of phenolic OH excluding ortho intramolecular Hbond substituents is 1. The molecule has 0 saturated carbocycles. The Morgan fingerprint density at radius 2 is 1.62 bits per heavy atom. The summed E-state index contributed by atoms with van der Waals surface area (Å²) in [6, 6.07) is 18.1. The normalized spacial score (nSPS) is 17.7. The molecule has 3 aromatic carbocycles. The summed E-state index contributed by atoms with van der Waals surface area (Å²) in [4.78, 5) is 27.4. The van der Waals surface area contributed by atoms with Crippen LogP contribution in [-0.2, 0) is 22.6 Å². The first-order valence-electron chi connectivity index (χ1n) is 10.3. The van der Waals surface area contributed by atoms with E-state index in [0.717, 1.165) is 12.0 Å². The number of benzene rings is 3. The summed E-state index contributed by atoms with van der Waals surface area (Å²) < 4.78 is 13.3. The van der Waals surface area contributed by atoms with E-state index in [1.165, 1.54) is 41.3 Å². The first-order chi connectivity index (χ1) is 15.4. The number of hydrogen-bond acceptors (Lipinski definition) is 4. The second kappa shape index (κ2) is 8.67. The standard InChI is InChI=1S/C26H22FNO4/c1-2-16-6-10-18(11-7-16)24(30)22-23(19-4-3-5-21(29)14-19)28(26(32)25(22)31)15-17-8-12-20(27)13-9-17/h3-14,23,29-30H,2,15H2,1H3/b24-22-. The summed E-state index contributed by atoms with van der Waals surface area (Å²) in [5, 5.41) is 21.1. The zero-order valence-electron chi connectivity index (χ0n) is 17.5. The Morgan fingerprint density at radius 1 is 0.969 bits per heavy atom. The van der Waals surface area contributed by atoms with E-state index in [1.807, 2.05) is 19.1 Å². The van der Waals surface area contributed by atoms with E-state index in [-0.39, 0.29) is 23.6 Å². The maximum absolute atomic E-state index is 13.3. The molecule has 0 aromatic heterocycles. The minimum absolute atomic E-state index is 0.0258. The Morgan fingerprint density at radius 3 is 2.25 bits per heavy atom. The predicted octanol–water partition coefficient (Wildman–Crippen LogP) is 4.72. The number of aliphatic hydroxyl groups excluding tert-OH is 1. The Balaban J connectivity index is 1.84. The Hall–Kier alpha value is -3.93. The molecule has 1 aliphatic rings. The minimum atomic E-state index is -0.905. The van der Waals surface area contributed by atoms with Gasteiger partial charge in [-0.05, 0) is 47.4 Å². The average Bonchev–Trinajstić information content (AvgIpc) is 3.05. The highest BCUT2D eigenvalue weighted by Gasteiger charge is 2.46. The molecule has 1 fully saturated rings. The van der Waals surface area contributed by atoms with E-state index in [2.05, 4.69) is 0 Å². The van der Waals surface area contributed by atoms with Crippen LogP contribution in [0.5, 0.6) is 5.75 Å². The molecular formula is C26H22FNO4. The lowest BCUT2D eigenvalue weighted by Crippen LogP contribution is -2.29. The number of carbonyl (C=O) groups excluding carboxylic acids is 2. The Labute approximate surface area is 185 Å². The zero-order valence-corrected chi connectivity index (χ0v) is 17.5. The monoisotopic (exact) mass is 431 g/mol. The first-order valence-corrected chi connectivity index (χ1v) is 10.3. The molecule has 2 N–H and O–H groups in total. The van der Waals surface area contributed by atoms with Crippen molar-refractivity contribution in [1.82, 2.24) is 4.90 Å². The minimum Gasteiger partial charge on any atom is -0.508 e. The second-order valence-electron chi connectivity index (χ2n) is 7.70. The van der Waals surface area contributed by atoms with E-state index >= 15 is 0 Å². The van der Waals surface area contributed by atoms with E-state index in [4.69, 9.17) is 0 Å². The maximum atomic E-state index is 13.3. The molecule has 1 heterocycles. The number of halogens is 1. The van der Waals surface area contributed by atoms with Crippen molar-refractivity contribution < 1.29 is 24.2 Å². The number of amides is 1. The van der Waals surface area contributed by atoms with Crippen molar-refractivity contribution >= 4 is 17.4 Å². The van der Waals surface area contributed by atoms with Gasteiger partial charge in [-0.3, -0.25) is 9.59 Å². The van der Waals surface area contributed by atoms with Gasteiger partial charge in [0.05, 0.1) is 11.6 Å². The van der Waals surface area contributed by atoms with Crippen LogP contribution in [0.15, 0.2) is 78.4 Å². The molecule has 0 radical (unpaired) electrons. The lowest BCUT2D eigenvalue weighted by atomic mass is 9.94. The summed E-state index contributed by atoms with van der Waals surface area (Å²) >= 11 is 0. The summed E-state index contributed by atoms with van der Waals surface area (Å²) in [6.07, 6.45) is 0.826. The molecule has 1 saturated heterocycles. The number of aryl methyl sites for hydroxylation is 1. The van der Waals surface area contributed by atoms with Gasteiger partial charge in [-0.2, -0.15) is 0 Å². The van der Waals surface area contributed by atoms with Crippen LogP contribution in [0.2, 0.25) is 0 Å². The number of likely N-dealkylation sites (tertiary alicyclic amines) is 1. The number of ketones is 1. The van der Waals surface area contributed by atoms with Gasteiger partial charge in [0.1, 0.15) is 17.3 Å². The molecule has 0 aliphatic carbocycles. The first kappa shape index (κ1) is 21.3. The summed E-state index contributed by atoms with van der Waals surface area (Å²) in [6.45, 7) is 2.05. The van der Waals surface area contributed by atoms with Crippen LogP contribution in [0.3, 0.4) is 0 Å². The lowest BCUT2D eigenvalue weighted by molar-refractivity contribution is -0.140. The lowest BCUT2D eigenvalue weighted by Gasteiger charge is -2.25. The quantitative estimate of drug-likeness (QED) is 0.348. The molecule has 3 aromatic rings. The topological polar surface area (TPSA) is 77.8 Å². The molecule has 162 valence electrons. The molecule has 1 aliphatic heterocycles. The number of aromatic hydroxyl groups is 1. The summed E-state index contributed by atoms with van der Waals surface area (Å²) in [7, 11) is 0. The van der Waals surface area contributed by atoms with Gasteiger partial charge in [0.25, 0.3) is 11.7 Å². The number of carbonyl (C=O) groups is 2. The zero-order chi connectivity index (χ0) is 22.8. The van der Waals surface area contributed by atoms with Crippen molar-refractivity contribution in [3.8, 4) is 5.75 Å². The highest BCUT2D eigenvalue weighted by Crippen LogP contribution is 2.41. The number of nitrogens with zero attached hydrogens (tertiary/aromatic N) is 1. The molecule has 32 heavy (non-hydrogen) atoms. The third-order valence-electron chi connectivity index (χ3n) is 5.63. The van der Waals surface area contributed by atoms with E-state index in [0.29, 0.717) is 16.7 Å². The molecule has 1 amide bonds. The van der Waals surface area contributed by atoms with E-state index in [9.17, 15) is 24.2 Å². The highest BCUT2D eigenvalue weighted by molar-refractivity contribution is 6.46.